The van der Waals surface area contributed by atoms with Crippen LogP contribution in [0.5, 0.6) is 0 Å². The third-order valence-electron chi connectivity index (χ3n) is 1.84. The first kappa shape index (κ1) is 32.9. The van der Waals surface area contributed by atoms with Gasteiger partial charge in [-0.15, -0.1) is 23.2 Å². The summed E-state index contributed by atoms with van der Waals surface area (Å²) in [5.74, 6) is 2.91. The van der Waals surface area contributed by atoms with Gasteiger partial charge < -0.3 is 19.3 Å². The maximum atomic E-state index is 5.59. The molecule has 2 atom stereocenters. The Labute approximate surface area is 162 Å². The first-order chi connectivity index (χ1) is 8.03. The number of halogens is 4. The van der Waals surface area contributed by atoms with Gasteiger partial charge >= 0.3 is 23.1 Å². The van der Waals surface area contributed by atoms with Gasteiger partial charge in [-0.1, -0.05) is 56.5 Å². The molecule has 0 saturated heterocycles. The van der Waals surface area contributed by atoms with E-state index in [4.69, 9.17) is 23.2 Å². The van der Waals surface area contributed by atoms with Gasteiger partial charge in [-0.2, -0.15) is 6.42 Å². The molecule has 0 rings (SSSR count). The minimum absolute atomic E-state index is 0. The molecule has 0 aromatic carbocycles. The Hall–Kier alpha value is 2.12. The maximum Gasteiger partial charge on any atom is 2.00 e. The first-order valence-corrected chi connectivity index (χ1v) is 8.69. The molecule has 0 heterocycles. The molecule has 0 N–H and O–H groups in total. The second-order valence-electron chi connectivity index (χ2n) is 4.32. The van der Waals surface area contributed by atoms with Gasteiger partial charge in [0.15, 0.2) is 0 Å². The van der Waals surface area contributed by atoms with E-state index in [0.29, 0.717) is 5.92 Å². The Morgan fingerprint density at radius 3 is 1.58 bits per heavy atom. The SMILES string of the molecule is CC(CCl)CBr.CCCCC(C)CCl.[CH2-]CC.[Cl-].[Mg+2]. The normalized spacial score (nSPS) is 11.4. The molecule has 0 amide bonds. The minimum Gasteiger partial charge on any atom is -1.00 e. The Balaban J connectivity index is -0.0000000535. The number of hydrogen-bond acceptors (Lipinski definition) is 0. The Morgan fingerprint density at radius 2 is 1.42 bits per heavy atom. The topological polar surface area (TPSA) is 0 Å². The molecular formula is C14H30BrCl3Mg. The number of hydrogen-bond donors (Lipinski definition) is 0. The van der Waals surface area contributed by atoms with Crippen molar-refractivity contribution in [2.75, 3.05) is 17.1 Å². The summed E-state index contributed by atoms with van der Waals surface area (Å²) in [4.78, 5) is 0. The summed E-state index contributed by atoms with van der Waals surface area (Å²) in [7, 11) is 0. The molecule has 0 bridgehead atoms. The first-order valence-electron chi connectivity index (χ1n) is 6.50. The van der Waals surface area contributed by atoms with Crippen LogP contribution in [0.1, 0.15) is 53.4 Å². The molecule has 5 heteroatoms. The van der Waals surface area contributed by atoms with Crippen molar-refractivity contribution in [3.8, 4) is 0 Å². The predicted octanol–water partition coefficient (Wildman–Crippen LogP) is 3.16. The quantitative estimate of drug-likeness (QED) is 0.360. The van der Waals surface area contributed by atoms with Gasteiger partial charge in [0.25, 0.3) is 0 Å². The molecule has 0 aliphatic heterocycles. The summed E-state index contributed by atoms with van der Waals surface area (Å²) in [6, 6.07) is 0. The van der Waals surface area contributed by atoms with Gasteiger partial charge in [0.2, 0.25) is 0 Å². The average Bonchev–Trinajstić information content (AvgIpc) is 2.36. The van der Waals surface area contributed by atoms with Crippen molar-refractivity contribution < 1.29 is 12.4 Å². The van der Waals surface area contributed by atoms with Crippen molar-refractivity contribution in [3.63, 3.8) is 0 Å². The van der Waals surface area contributed by atoms with Crippen LogP contribution in [-0.4, -0.2) is 40.1 Å². The van der Waals surface area contributed by atoms with Gasteiger partial charge in [-0.05, 0) is 18.3 Å². The zero-order chi connectivity index (χ0) is 14.1. The molecule has 0 spiro atoms. The van der Waals surface area contributed by atoms with E-state index in [1.54, 1.807) is 0 Å². The van der Waals surface area contributed by atoms with Crippen LogP contribution in [0.4, 0.5) is 0 Å². The molecule has 116 valence electrons. The van der Waals surface area contributed by atoms with Crippen molar-refractivity contribution in [1.82, 2.24) is 0 Å². The van der Waals surface area contributed by atoms with Crippen LogP contribution in [-0.2, 0) is 0 Å². The van der Waals surface area contributed by atoms with Crippen molar-refractivity contribution in [2.45, 2.75) is 53.4 Å². The van der Waals surface area contributed by atoms with Crippen LogP contribution < -0.4 is 12.4 Å². The van der Waals surface area contributed by atoms with Crippen LogP contribution >= 0.6 is 39.1 Å². The van der Waals surface area contributed by atoms with Crippen molar-refractivity contribution in [2.24, 2.45) is 11.8 Å². The number of unbranched alkanes of at least 4 members (excludes halogenated alkanes) is 1. The fourth-order valence-corrected chi connectivity index (χ4v) is 1.43. The average molecular weight is 409 g/mol. The monoisotopic (exact) mass is 406 g/mol. The van der Waals surface area contributed by atoms with Crippen LogP contribution in [0.2, 0.25) is 0 Å². The van der Waals surface area contributed by atoms with Crippen LogP contribution in [0.15, 0.2) is 0 Å². The molecule has 0 saturated carbocycles. The number of alkyl halides is 3. The second kappa shape index (κ2) is 32.2. The molecule has 0 radical (unpaired) electrons. The summed E-state index contributed by atoms with van der Waals surface area (Å²) in [6.45, 7) is 12.0. The molecule has 0 aromatic rings. The van der Waals surface area contributed by atoms with Gasteiger partial charge in [0, 0.05) is 17.1 Å². The van der Waals surface area contributed by atoms with E-state index in [1.807, 2.05) is 6.92 Å². The van der Waals surface area contributed by atoms with E-state index in [2.05, 4.69) is 43.6 Å². The van der Waals surface area contributed by atoms with E-state index in [1.165, 1.54) is 19.3 Å². The molecular weight excluding hydrogens is 379 g/mol. The molecule has 0 nitrogen and oxygen atoms in total. The third-order valence-corrected chi connectivity index (χ3v) is 4.00. The van der Waals surface area contributed by atoms with Crippen LogP contribution in [0.3, 0.4) is 0 Å². The summed E-state index contributed by atoms with van der Waals surface area (Å²) >= 11 is 14.3. The predicted molar refractivity (Wildman–Crippen MR) is 94.5 cm³/mol. The molecule has 0 aliphatic carbocycles. The number of rotatable bonds is 6. The third kappa shape index (κ3) is 45.0. The van der Waals surface area contributed by atoms with Crippen LogP contribution in [0.25, 0.3) is 0 Å². The largest absolute Gasteiger partial charge is 2.00 e. The van der Waals surface area contributed by atoms with E-state index in [-0.39, 0.29) is 35.5 Å². The summed E-state index contributed by atoms with van der Waals surface area (Å²) in [6.07, 6.45) is 4.91. The maximum absolute atomic E-state index is 5.59. The van der Waals surface area contributed by atoms with Crippen molar-refractivity contribution in [3.05, 3.63) is 6.92 Å². The van der Waals surface area contributed by atoms with Gasteiger partial charge in [0.1, 0.15) is 0 Å². The smallest absolute Gasteiger partial charge is 1.00 e. The van der Waals surface area contributed by atoms with Crippen LogP contribution in [0, 0.1) is 18.8 Å². The van der Waals surface area contributed by atoms with E-state index >= 15 is 0 Å². The summed E-state index contributed by atoms with van der Waals surface area (Å²) in [5.41, 5.74) is 0. The van der Waals surface area contributed by atoms with E-state index in [0.717, 1.165) is 29.4 Å². The van der Waals surface area contributed by atoms with Crippen molar-refractivity contribution >= 4 is 62.2 Å². The zero-order valence-corrected chi connectivity index (χ0v) is 18.3. The standard InChI is InChI=1S/C7H15Cl.C4H8BrCl.C3H7.ClH.Mg/c1-3-4-5-7(2)6-8;1-4(2-5)3-6;1-3-2;;/h7H,3-6H2,1-2H3;4H,2-3H2,1H3;1,3H2,2H3;1H;/q;;-1;;+2/p-1. The van der Waals surface area contributed by atoms with E-state index < -0.39 is 0 Å². The second-order valence-corrected chi connectivity index (χ2v) is 5.58. The fourth-order valence-electron chi connectivity index (χ4n) is 0.671. The molecule has 19 heavy (non-hydrogen) atoms. The Bertz CT molecular complexity index is 115. The van der Waals surface area contributed by atoms with Gasteiger partial charge in [-0.25, -0.2) is 0 Å². The molecule has 0 fully saturated rings. The molecule has 2 unspecified atom stereocenters. The van der Waals surface area contributed by atoms with E-state index in [9.17, 15) is 0 Å². The van der Waals surface area contributed by atoms with Crippen molar-refractivity contribution in [1.29, 1.82) is 0 Å². The fraction of sp³-hybridized carbons (Fsp3) is 0.929. The minimum atomic E-state index is 0. The summed E-state index contributed by atoms with van der Waals surface area (Å²) in [5, 5.41) is 1.01. The van der Waals surface area contributed by atoms with Gasteiger partial charge in [-0.3, -0.25) is 0 Å². The zero-order valence-electron chi connectivity index (χ0n) is 13.0. The Morgan fingerprint density at radius 1 is 1.05 bits per heavy atom. The summed E-state index contributed by atoms with van der Waals surface area (Å²) < 4.78 is 0. The molecule has 0 aliphatic rings. The Kier molecular flexibility index (Phi) is 55.7. The van der Waals surface area contributed by atoms with Gasteiger partial charge in [0.05, 0.1) is 0 Å². The molecule has 0 aromatic heterocycles.